The lowest BCUT2D eigenvalue weighted by atomic mass is 10.1. The lowest BCUT2D eigenvalue weighted by molar-refractivity contribution is -0.146. The van der Waals surface area contributed by atoms with E-state index in [2.05, 4.69) is 10.6 Å². The highest BCUT2D eigenvalue weighted by Crippen LogP contribution is 2.17. The summed E-state index contributed by atoms with van der Waals surface area (Å²) in [5, 5.41) is 5.89. The Morgan fingerprint density at radius 1 is 1.24 bits per heavy atom. The molecule has 0 bridgehead atoms. The molecule has 2 amide bonds. The molecular formula is C15H21N3O3. The third kappa shape index (κ3) is 3.95. The van der Waals surface area contributed by atoms with Gasteiger partial charge in [0.05, 0.1) is 13.2 Å². The maximum absolute atomic E-state index is 12.0. The van der Waals surface area contributed by atoms with Crippen LogP contribution in [-0.4, -0.2) is 50.0 Å². The van der Waals surface area contributed by atoms with Crippen molar-refractivity contribution in [3.05, 3.63) is 29.8 Å². The fourth-order valence-electron chi connectivity index (χ4n) is 2.25. The van der Waals surface area contributed by atoms with E-state index >= 15 is 0 Å². The van der Waals surface area contributed by atoms with Gasteiger partial charge >= 0.3 is 11.8 Å². The second-order valence-electron chi connectivity index (χ2n) is 5.01. The number of piperazine rings is 1. The number of hydrogen-bond acceptors (Lipinski definition) is 4. The fraction of sp³-hybridized carbons (Fsp3) is 0.467. The van der Waals surface area contributed by atoms with E-state index in [1.807, 2.05) is 31.2 Å². The van der Waals surface area contributed by atoms with Gasteiger partial charge in [-0.3, -0.25) is 9.59 Å². The number of nitrogens with zero attached hydrogens (tertiary/aromatic N) is 1. The molecule has 0 radical (unpaired) electrons. The smallest absolute Gasteiger partial charge is 0.311 e. The normalized spacial score (nSPS) is 16.2. The first-order chi connectivity index (χ1) is 10.1. The molecule has 1 unspecified atom stereocenters. The molecule has 1 aromatic rings. The van der Waals surface area contributed by atoms with Gasteiger partial charge < -0.3 is 20.3 Å². The highest BCUT2D eigenvalue weighted by molar-refractivity contribution is 6.35. The van der Waals surface area contributed by atoms with Gasteiger partial charge in [-0.05, 0) is 24.6 Å². The van der Waals surface area contributed by atoms with Crippen LogP contribution in [0.4, 0.5) is 0 Å². The second kappa shape index (κ2) is 7.08. The number of amides is 2. The molecule has 1 fully saturated rings. The Morgan fingerprint density at radius 2 is 1.86 bits per heavy atom. The molecule has 0 saturated carbocycles. The Bertz CT molecular complexity index is 495. The fourth-order valence-corrected chi connectivity index (χ4v) is 2.25. The molecule has 6 nitrogen and oxygen atoms in total. The van der Waals surface area contributed by atoms with Gasteiger partial charge in [-0.25, -0.2) is 0 Å². The summed E-state index contributed by atoms with van der Waals surface area (Å²) in [5.41, 5.74) is 0.928. The van der Waals surface area contributed by atoms with E-state index < -0.39 is 11.8 Å². The molecule has 1 aliphatic rings. The summed E-state index contributed by atoms with van der Waals surface area (Å²) in [6, 6.07) is 7.18. The van der Waals surface area contributed by atoms with Crippen LogP contribution in [-0.2, 0) is 9.59 Å². The summed E-state index contributed by atoms with van der Waals surface area (Å²) >= 11 is 0. The molecule has 1 aliphatic heterocycles. The Labute approximate surface area is 124 Å². The summed E-state index contributed by atoms with van der Waals surface area (Å²) < 4.78 is 5.09. The lowest BCUT2D eigenvalue weighted by Gasteiger charge is -2.27. The first kappa shape index (κ1) is 15.3. The minimum Gasteiger partial charge on any atom is -0.497 e. The number of ether oxygens (including phenoxy) is 1. The van der Waals surface area contributed by atoms with Gasteiger partial charge in [0, 0.05) is 26.2 Å². The van der Waals surface area contributed by atoms with Gasteiger partial charge in [0.25, 0.3) is 0 Å². The van der Waals surface area contributed by atoms with Gasteiger partial charge in [-0.1, -0.05) is 12.1 Å². The number of carbonyl (C=O) groups is 2. The van der Waals surface area contributed by atoms with Crippen molar-refractivity contribution >= 4 is 11.8 Å². The average Bonchev–Trinajstić information content (AvgIpc) is 2.55. The monoisotopic (exact) mass is 291 g/mol. The topological polar surface area (TPSA) is 70.7 Å². The van der Waals surface area contributed by atoms with Gasteiger partial charge in [-0.2, -0.15) is 0 Å². The van der Waals surface area contributed by atoms with E-state index in [1.165, 1.54) is 0 Å². The third-order valence-corrected chi connectivity index (χ3v) is 3.56. The Morgan fingerprint density at radius 3 is 2.43 bits per heavy atom. The molecule has 1 atom stereocenters. The van der Waals surface area contributed by atoms with E-state index in [0.29, 0.717) is 13.1 Å². The van der Waals surface area contributed by atoms with Gasteiger partial charge in [0.15, 0.2) is 0 Å². The summed E-state index contributed by atoms with van der Waals surface area (Å²) in [6.45, 7) is 4.46. The summed E-state index contributed by atoms with van der Waals surface area (Å²) in [4.78, 5) is 25.6. The first-order valence-corrected chi connectivity index (χ1v) is 7.06. The molecule has 6 heteroatoms. The van der Waals surface area contributed by atoms with Crippen molar-refractivity contribution in [3.63, 3.8) is 0 Å². The quantitative estimate of drug-likeness (QED) is 0.786. The summed E-state index contributed by atoms with van der Waals surface area (Å²) in [5.74, 6) is -0.258. The van der Waals surface area contributed by atoms with Crippen molar-refractivity contribution in [1.82, 2.24) is 15.5 Å². The van der Waals surface area contributed by atoms with Gasteiger partial charge in [0.1, 0.15) is 5.75 Å². The predicted octanol–water partition coefficient (Wildman–Crippen LogP) is 0.304. The maximum Gasteiger partial charge on any atom is 0.311 e. The number of hydrogen-bond donors (Lipinski definition) is 2. The zero-order valence-corrected chi connectivity index (χ0v) is 12.4. The molecular weight excluding hydrogens is 270 g/mol. The highest BCUT2D eigenvalue weighted by Gasteiger charge is 2.24. The van der Waals surface area contributed by atoms with Crippen LogP contribution in [0.2, 0.25) is 0 Å². The van der Waals surface area contributed by atoms with Crippen LogP contribution in [0.1, 0.15) is 18.5 Å². The molecule has 1 aromatic carbocycles. The number of rotatable bonds is 3. The summed E-state index contributed by atoms with van der Waals surface area (Å²) in [7, 11) is 1.60. The molecule has 114 valence electrons. The third-order valence-electron chi connectivity index (χ3n) is 3.56. The number of methoxy groups -OCH3 is 1. The maximum atomic E-state index is 12.0. The van der Waals surface area contributed by atoms with E-state index in [1.54, 1.807) is 12.0 Å². The van der Waals surface area contributed by atoms with Crippen LogP contribution in [0, 0.1) is 0 Å². The minimum atomic E-state index is -0.555. The van der Waals surface area contributed by atoms with Crippen LogP contribution >= 0.6 is 0 Å². The Kier molecular flexibility index (Phi) is 5.16. The largest absolute Gasteiger partial charge is 0.497 e. The molecule has 0 aromatic heterocycles. The SMILES string of the molecule is COc1ccc(C(C)NC(=O)C(=O)N2CCNCC2)cc1. The van der Waals surface area contributed by atoms with Crippen molar-refractivity contribution in [2.24, 2.45) is 0 Å². The van der Waals surface area contributed by atoms with E-state index in [4.69, 9.17) is 4.74 Å². The van der Waals surface area contributed by atoms with Crippen molar-refractivity contribution in [2.45, 2.75) is 13.0 Å². The molecule has 2 N–H and O–H groups in total. The zero-order valence-electron chi connectivity index (χ0n) is 12.4. The van der Waals surface area contributed by atoms with E-state index in [-0.39, 0.29) is 6.04 Å². The molecule has 0 spiro atoms. The van der Waals surface area contributed by atoms with Crippen molar-refractivity contribution in [1.29, 1.82) is 0 Å². The number of benzene rings is 1. The minimum absolute atomic E-state index is 0.227. The van der Waals surface area contributed by atoms with Gasteiger partial charge in [0.2, 0.25) is 0 Å². The standard InChI is InChI=1S/C15H21N3O3/c1-11(12-3-5-13(21-2)6-4-12)17-14(19)15(20)18-9-7-16-8-10-18/h3-6,11,16H,7-10H2,1-2H3,(H,17,19). The average molecular weight is 291 g/mol. The predicted molar refractivity (Wildman–Crippen MR) is 79.0 cm³/mol. The van der Waals surface area contributed by atoms with Crippen molar-refractivity contribution < 1.29 is 14.3 Å². The zero-order chi connectivity index (χ0) is 15.2. The van der Waals surface area contributed by atoms with Crippen LogP contribution in [0.5, 0.6) is 5.75 Å². The highest BCUT2D eigenvalue weighted by atomic mass is 16.5. The number of nitrogens with one attached hydrogen (secondary N) is 2. The Hall–Kier alpha value is -2.08. The molecule has 0 aliphatic carbocycles. The number of carbonyl (C=O) groups excluding carboxylic acids is 2. The molecule has 21 heavy (non-hydrogen) atoms. The van der Waals surface area contributed by atoms with Crippen LogP contribution < -0.4 is 15.4 Å². The summed E-state index contributed by atoms with van der Waals surface area (Å²) in [6.07, 6.45) is 0. The lowest BCUT2D eigenvalue weighted by Crippen LogP contribution is -2.51. The van der Waals surface area contributed by atoms with Crippen LogP contribution in [0.25, 0.3) is 0 Å². The molecule has 2 rings (SSSR count). The molecule has 1 heterocycles. The second-order valence-corrected chi connectivity index (χ2v) is 5.01. The van der Waals surface area contributed by atoms with Crippen LogP contribution in [0.15, 0.2) is 24.3 Å². The van der Waals surface area contributed by atoms with Crippen molar-refractivity contribution in [3.8, 4) is 5.75 Å². The van der Waals surface area contributed by atoms with Gasteiger partial charge in [-0.15, -0.1) is 0 Å². The van der Waals surface area contributed by atoms with E-state index in [0.717, 1.165) is 24.4 Å². The van der Waals surface area contributed by atoms with Crippen LogP contribution in [0.3, 0.4) is 0 Å². The van der Waals surface area contributed by atoms with E-state index in [9.17, 15) is 9.59 Å². The van der Waals surface area contributed by atoms with Crippen molar-refractivity contribution in [2.75, 3.05) is 33.3 Å². The first-order valence-electron chi connectivity index (χ1n) is 7.06. The molecule has 1 saturated heterocycles. The Balaban J connectivity index is 1.92.